The number of rotatable bonds is 4. The van der Waals surface area contributed by atoms with Crippen molar-refractivity contribution in [2.24, 2.45) is 5.10 Å². The number of carbonyl (C=O) groups is 1. The van der Waals surface area contributed by atoms with Gasteiger partial charge in [0.25, 0.3) is 5.91 Å². The molecule has 2 heterocycles. The molecule has 118 valence electrons. The molecule has 0 radical (unpaired) electrons. The van der Waals surface area contributed by atoms with Crippen molar-refractivity contribution < 1.29 is 4.79 Å². The summed E-state index contributed by atoms with van der Waals surface area (Å²) < 4.78 is 0. The van der Waals surface area contributed by atoms with Crippen LogP contribution in [0, 0.1) is 6.92 Å². The number of hydrazone groups is 1. The van der Waals surface area contributed by atoms with Crippen molar-refractivity contribution in [3.05, 3.63) is 65.5 Å². The second kappa shape index (κ2) is 7.13. The standard InChI is InChI=1S/C17H19N5O/c1-12-5-7-13(8-6-12)15-10-16(21-20-15)17(23)22-19-11-14-4-2-3-9-18-14/h2-9,11,15-16,20-21H,10H2,1H3,(H,22,23)/b19-11+. The Kier molecular flexibility index (Phi) is 4.75. The van der Waals surface area contributed by atoms with Crippen LogP contribution in [-0.2, 0) is 4.79 Å². The SMILES string of the molecule is Cc1ccc(C2CC(C(=O)N/N=C/c3ccccn3)NN2)cc1. The summed E-state index contributed by atoms with van der Waals surface area (Å²) in [6, 6.07) is 13.6. The molecule has 1 aromatic heterocycles. The summed E-state index contributed by atoms with van der Waals surface area (Å²) in [6.45, 7) is 2.06. The number of aryl methyl sites for hydroxylation is 1. The van der Waals surface area contributed by atoms with Crippen molar-refractivity contribution in [1.29, 1.82) is 0 Å². The van der Waals surface area contributed by atoms with Gasteiger partial charge in [-0.3, -0.25) is 9.78 Å². The number of nitrogens with zero attached hydrogens (tertiary/aromatic N) is 2. The molecule has 23 heavy (non-hydrogen) atoms. The van der Waals surface area contributed by atoms with E-state index >= 15 is 0 Å². The largest absolute Gasteiger partial charge is 0.271 e. The van der Waals surface area contributed by atoms with E-state index in [1.54, 1.807) is 6.20 Å². The van der Waals surface area contributed by atoms with E-state index in [9.17, 15) is 4.79 Å². The van der Waals surface area contributed by atoms with Crippen molar-refractivity contribution in [3.8, 4) is 0 Å². The van der Waals surface area contributed by atoms with Crippen molar-refractivity contribution in [2.45, 2.75) is 25.4 Å². The lowest BCUT2D eigenvalue weighted by Crippen LogP contribution is -2.41. The molecule has 0 spiro atoms. The number of benzene rings is 1. The van der Waals surface area contributed by atoms with E-state index in [1.165, 1.54) is 11.8 Å². The van der Waals surface area contributed by atoms with E-state index in [0.29, 0.717) is 12.1 Å². The zero-order valence-corrected chi connectivity index (χ0v) is 12.9. The molecule has 6 nitrogen and oxygen atoms in total. The molecule has 0 aliphatic carbocycles. The third-order valence-electron chi connectivity index (χ3n) is 3.76. The number of hydrazine groups is 1. The summed E-state index contributed by atoms with van der Waals surface area (Å²) in [5.74, 6) is -0.167. The van der Waals surface area contributed by atoms with Crippen LogP contribution in [0.3, 0.4) is 0 Å². The summed E-state index contributed by atoms with van der Waals surface area (Å²) in [4.78, 5) is 16.2. The number of hydrogen-bond donors (Lipinski definition) is 3. The van der Waals surface area contributed by atoms with Gasteiger partial charge in [-0.15, -0.1) is 0 Å². The first-order valence-electron chi connectivity index (χ1n) is 7.54. The van der Waals surface area contributed by atoms with Gasteiger partial charge in [-0.25, -0.2) is 16.3 Å². The highest BCUT2D eigenvalue weighted by molar-refractivity contribution is 5.84. The summed E-state index contributed by atoms with van der Waals surface area (Å²) >= 11 is 0. The molecule has 1 saturated heterocycles. The zero-order valence-electron chi connectivity index (χ0n) is 12.9. The Morgan fingerprint density at radius 2 is 2.09 bits per heavy atom. The molecule has 2 aromatic rings. The molecule has 3 N–H and O–H groups in total. The summed E-state index contributed by atoms with van der Waals surface area (Å²) in [7, 11) is 0. The number of aromatic nitrogens is 1. The van der Waals surface area contributed by atoms with Crippen LogP contribution in [0.1, 0.15) is 29.3 Å². The Bertz CT molecular complexity index is 684. The topological polar surface area (TPSA) is 78.4 Å². The van der Waals surface area contributed by atoms with Crippen molar-refractivity contribution in [3.63, 3.8) is 0 Å². The van der Waals surface area contributed by atoms with Crippen LogP contribution >= 0.6 is 0 Å². The number of amides is 1. The lowest BCUT2D eigenvalue weighted by atomic mass is 10.0. The molecule has 0 saturated carbocycles. The highest BCUT2D eigenvalue weighted by atomic mass is 16.2. The molecule has 1 aromatic carbocycles. The number of hydrogen-bond acceptors (Lipinski definition) is 5. The monoisotopic (exact) mass is 309 g/mol. The van der Waals surface area contributed by atoms with Crippen LogP contribution in [0.15, 0.2) is 53.8 Å². The fraction of sp³-hybridized carbons (Fsp3) is 0.235. The first-order chi connectivity index (χ1) is 11.2. The first-order valence-corrected chi connectivity index (χ1v) is 7.54. The fourth-order valence-corrected chi connectivity index (χ4v) is 2.44. The van der Waals surface area contributed by atoms with Gasteiger partial charge in [0.1, 0.15) is 6.04 Å². The van der Waals surface area contributed by atoms with Gasteiger partial charge >= 0.3 is 0 Å². The van der Waals surface area contributed by atoms with Crippen molar-refractivity contribution >= 4 is 12.1 Å². The van der Waals surface area contributed by atoms with Crippen molar-refractivity contribution in [1.82, 2.24) is 21.3 Å². The van der Waals surface area contributed by atoms with Gasteiger partial charge < -0.3 is 0 Å². The molecule has 2 atom stereocenters. The molecule has 1 aliphatic heterocycles. The average Bonchev–Trinajstić information content (AvgIpc) is 3.06. The van der Waals surface area contributed by atoms with E-state index in [-0.39, 0.29) is 18.0 Å². The summed E-state index contributed by atoms with van der Waals surface area (Å²) in [5, 5.41) is 3.94. The Labute approximate surface area is 135 Å². The Hall–Kier alpha value is -2.57. The van der Waals surface area contributed by atoms with Crippen LogP contribution in [0.4, 0.5) is 0 Å². The molecule has 0 bridgehead atoms. The van der Waals surface area contributed by atoms with Gasteiger partial charge in [0, 0.05) is 12.2 Å². The predicted molar refractivity (Wildman–Crippen MR) is 88.6 cm³/mol. The molecule has 1 fully saturated rings. The van der Waals surface area contributed by atoms with E-state index in [4.69, 9.17) is 0 Å². The molecule has 1 amide bonds. The van der Waals surface area contributed by atoms with E-state index in [1.807, 2.05) is 18.2 Å². The quantitative estimate of drug-likeness (QED) is 0.590. The Morgan fingerprint density at radius 3 is 2.83 bits per heavy atom. The third-order valence-corrected chi connectivity index (χ3v) is 3.76. The average molecular weight is 309 g/mol. The first kappa shape index (κ1) is 15.3. The van der Waals surface area contributed by atoms with Crippen LogP contribution in [0.25, 0.3) is 0 Å². The maximum Gasteiger partial charge on any atom is 0.258 e. The normalized spacial score (nSPS) is 20.7. The highest BCUT2D eigenvalue weighted by Gasteiger charge is 2.29. The van der Waals surface area contributed by atoms with E-state index in [0.717, 1.165) is 5.56 Å². The van der Waals surface area contributed by atoms with Crippen LogP contribution in [0.2, 0.25) is 0 Å². The van der Waals surface area contributed by atoms with Gasteiger partial charge in [-0.1, -0.05) is 35.9 Å². The van der Waals surface area contributed by atoms with E-state index in [2.05, 4.69) is 57.6 Å². The fourth-order valence-electron chi connectivity index (χ4n) is 2.44. The second-order valence-corrected chi connectivity index (χ2v) is 5.53. The smallest absolute Gasteiger partial charge is 0.258 e. The van der Waals surface area contributed by atoms with Gasteiger partial charge in [0.15, 0.2) is 0 Å². The van der Waals surface area contributed by atoms with Gasteiger partial charge in [-0.2, -0.15) is 5.10 Å². The molecule has 3 rings (SSSR count). The second-order valence-electron chi connectivity index (χ2n) is 5.53. The number of nitrogens with one attached hydrogen (secondary N) is 3. The Morgan fingerprint density at radius 1 is 1.26 bits per heavy atom. The lowest BCUT2D eigenvalue weighted by Gasteiger charge is -2.09. The highest BCUT2D eigenvalue weighted by Crippen LogP contribution is 2.22. The van der Waals surface area contributed by atoms with Gasteiger partial charge in [0.05, 0.1) is 11.9 Å². The molecular weight excluding hydrogens is 290 g/mol. The minimum atomic E-state index is -0.317. The molecule has 6 heteroatoms. The number of pyridine rings is 1. The van der Waals surface area contributed by atoms with Crippen LogP contribution in [-0.4, -0.2) is 23.1 Å². The van der Waals surface area contributed by atoms with Gasteiger partial charge in [0.2, 0.25) is 0 Å². The molecular formula is C17H19N5O. The Balaban J connectivity index is 1.53. The zero-order chi connectivity index (χ0) is 16.1. The minimum absolute atomic E-state index is 0.117. The minimum Gasteiger partial charge on any atom is -0.271 e. The van der Waals surface area contributed by atoms with Gasteiger partial charge in [-0.05, 0) is 31.0 Å². The van der Waals surface area contributed by atoms with E-state index < -0.39 is 0 Å². The lowest BCUT2D eigenvalue weighted by molar-refractivity contribution is -0.122. The van der Waals surface area contributed by atoms with Crippen LogP contribution in [0.5, 0.6) is 0 Å². The maximum atomic E-state index is 12.1. The predicted octanol–water partition coefficient (Wildman–Crippen LogP) is 1.45. The third kappa shape index (κ3) is 4.00. The van der Waals surface area contributed by atoms with Crippen molar-refractivity contribution in [2.75, 3.05) is 0 Å². The number of carbonyl (C=O) groups excluding carboxylic acids is 1. The summed E-state index contributed by atoms with van der Waals surface area (Å²) in [6.07, 6.45) is 3.88. The summed E-state index contributed by atoms with van der Waals surface area (Å²) in [5.41, 5.74) is 11.8. The molecule has 2 unspecified atom stereocenters. The molecule has 1 aliphatic rings. The maximum absolute atomic E-state index is 12.1. The van der Waals surface area contributed by atoms with Crippen LogP contribution < -0.4 is 16.3 Å².